The number of rotatable bonds is 8. The van der Waals surface area contributed by atoms with Gasteiger partial charge in [0, 0.05) is 18.0 Å². The number of fused-ring (bicyclic) bond motifs is 1. The number of carbonyl (C=O) groups excluding carboxylic acids is 3. The fourth-order valence-corrected chi connectivity index (χ4v) is 2.80. The molecular weight excluding hydrogens is 370 g/mol. The molecule has 0 fully saturated rings. The molecule has 3 aromatic rings. The summed E-state index contributed by atoms with van der Waals surface area (Å²) in [6.07, 6.45) is 1.58. The summed E-state index contributed by atoms with van der Waals surface area (Å²) < 4.78 is 5.30. The van der Waals surface area contributed by atoms with E-state index < -0.39 is 23.8 Å². The summed E-state index contributed by atoms with van der Waals surface area (Å²) in [6, 6.07) is 17.3. The molecule has 0 radical (unpaired) electrons. The molecule has 0 aliphatic carbocycles. The van der Waals surface area contributed by atoms with E-state index in [2.05, 4.69) is 10.3 Å². The molecule has 0 aliphatic heterocycles. The van der Waals surface area contributed by atoms with Crippen LogP contribution in [-0.2, 0) is 20.9 Å². The van der Waals surface area contributed by atoms with E-state index in [1.807, 2.05) is 54.6 Å². The van der Waals surface area contributed by atoms with Crippen LogP contribution in [0.4, 0.5) is 0 Å². The van der Waals surface area contributed by atoms with Crippen LogP contribution in [0, 0.1) is 0 Å². The van der Waals surface area contributed by atoms with Gasteiger partial charge in [-0.15, -0.1) is 0 Å². The molecule has 0 spiro atoms. The van der Waals surface area contributed by atoms with Gasteiger partial charge in [-0.2, -0.15) is 0 Å². The minimum atomic E-state index is -1.01. The molecule has 0 saturated carbocycles. The molecule has 0 saturated heterocycles. The number of primary amides is 1. The predicted molar refractivity (Wildman–Crippen MR) is 108 cm³/mol. The topological polar surface area (TPSA) is 111 Å². The highest BCUT2D eigenvalue weighted by atomic mass is 16.5. The van der Waals surface area contributed by atoms with E-state index >= 15 is 0 Å². The highest BCUT2D eigenvalue weighted by Crippen LogP contribution is 2.14. The summed E-state index contributed by atoms with van der Waals surface area (Å²) in [5.41, 5.74) is 6.18. The number of pyridine rings is 1. The largest absolute Gasteiger partial charge is 0.459 e. The normalized spacial score (nSPS) is 11.6. The third-order valence-corrected chi connectivity index (χ3v) is 4.36. The van der Waals surface area contributed by atoms with Gasteiger partial charge < -0.3 is 15.8 Å². The molecule has 0 unspecified atom stereocenters. The van der Waals surface area contributed by atoms with Crippen LogP contribution in [0.3, 0.4) is 0 Å². The summed E-state index contributed by atoms with van der Waals surface area (Å²) >= 11 is 0. The fourth-order valence-electron chi connectivity index (χ4n) is 2.80. The van der Waals surface area contributed by atoms with Crippen molar-refractivity contribution in [3.8, 4) is 0 Å². The highest BCUT2D eigenvalue weighted by molar-refractivity contribution is 5.98. The van der Waals surface area contributed by atoms with Crippen molar-refractivity contribution in [1.82, 2.24) is 10.3 Å². The fraction of sp³-hybridized carbons (Fsp3) is 0.182. The first-order chi connectivity index (χ1) is 14.0. The lowest BCUT2D eigenvalue weighted by Crippen LogP contribution is -2.42. The molecule has 7 heteroatoms. The van der Waals surface area contributed by atoms with Crippen LogP contribution in [0.15, 0.2) is 66.9 Å². The van der Waals surface area contributed by atoms with Crippen LogP contribution in [0.2, 0.25) is 0 Å². The quantitative estimate of drug-likeness (QED) is 0.573. The summed E-state index contributed by atoms with van der Waals surface area (Å²) in [4.78, 5) is 40.4. The van der Waals surface area contributed by atoms with Crippen LogP contribution in [0.25, 0.3) is 10.8 Å². The van der Waals surface area contributed by atoms with Crippen LogP contribution in [0.5, 0.6) is 0 Å². The molecule has 148 valence electrons. The maximum absolute atomic E-state index is 12.6. The zero-order valence-electron chi connectivity index (χ0n) is 15.7. The second-order valence-corrected chi connectivity index (χ2v) is 6.54. The van der Waals surface area contributed by atoms with Gasteiger partial charge in [0.1, 0.15) is 18.3 Å². The van der Waals surface area contributed by atoms with Crippen molar-refractivity contribution in [3.63, 3.8) is 0 Å². The lowest BCUT2D eigenvalue weighted by atomic mass is 10.1. The number of hydrogen-bond acceptors (Lipinski definition) is 5. The van der Waals surface area contributed by atoms with Gasteiger partial charge in [-0.25, -0.2) is 4.79 Å². The number of ether oxygens (including phenoxy) is 1. The van der Waals surface area contributed by atoms with Crippen molar-refractivity contribution in [3.05, 3.63) is 78.1 Å². The Bertz CT molecular complexity index is 1020. The van der Waals surface area contributed by atoms with Crippen molar-refractivity contribution < 1.29 is 19.1 Å². The van der Waals surface area contributed by atoms with Gasteiger partial charge in [0.15, 0.2) is 0 Å². The minimum Gasteiger partial charge on any atom is -0.459 e. The Labute approximate surface area is 167 Å². The molecule has 1 heterocycles. The van der Waals surface area contributed by atoms with E-state index in [1.54, 1.807) is 12.3 Å². The van der Waals surface area contributed by atoms with Gasteiger partial charge in [-0.05, 0) is 23.4 Å². The summed E-state index contributed by atoms with van der Waals surface area (Å²) in [6.45, 7) is 0.0663. The van der Waals surface area contributed by atoms with Gasteiger partial charge in [-0.3, -0.25) is 14.6 Å². The number of nitrogens with one attached hydrogen (secondary N) is 1. The van der Waals surface area contributed by atoms with Gasteiger partial charge in [0.2, 0.25) is 5.91 Å². The number of nitrogens with zero attached hydrogens (tertiary/aromatic N) is 1. The third-order valence-electron chi connectivity index (χ3n) is 4.36. The number of hydrogen-bond donors (Lipinski definition) is 2. The Balaban J connectivity index is 1.70. The zero-order valence-corrected chi connectivity index (χ0v) is 15.7. The van der Waals surface area contributed by atoms with Crippen LogP contribution in [0.1, 0.15) is 28.9 Å². The minimum absolute atomic E-state index is 0.0439. The van der Waals surface area contributed by atoms with E-state index in [4.69, 9.17) is 10.5 Å². The van der Waals surface area contributed by atoms with E-state index in [-0.39, 0.29) is 25.1 Å². The summed E-state index contributed by atoms with van der Waals surface area (Å²) in [5, 5.41) is 4.36. The number of amides is 2. The molecule has 29 heavy (non-hydrogen) atoms. The maximum atomic E-state index is 12.6. The molecule has 1 aromatic heterocycles. The first kappa shape index (κ1) is 20.0. The van der Waals surface area contributed by atoms with Gasteiger partial charge >= 0.3 is 5.97 Å². The Kier molecular flexibility index (Phi) is 6.52. The van der Waals surface area contributed by atoms with Crippen molar-refractivity contribution in [2.75, 3.05) is 0 Å². The van der Waals surface area contributed by atoms with Crippen molar-refractivity contribution in [2.24, 2.45) is 5.73 Å². The molecule has 1 atom stereocenters. The Morgan fingerprint density at radius 1 is 1.00 bits per heavy atom. The summed E-state index contributed by atoms with van der Waals surface area (Å²) in [5.74, 6) is -1.73. The van der Waals surface area contributed by atoms with E-state index in [9.17, 15) is 14.4 Å². The zero-order chi connectivity index (χ0) is 20.6. The molecule has 0 bridgehead atoms. The monoisotopic (exact) mass is 391 g/mol. The maximum Gasteiger partial charge on any atom is 0.328 e. The highest BCUT2D eigenvalue weighted by Gasteiger charge is 2.24. The third kappa shape index (κ3) is 5.62. The molecule has 7 nitrogen and oxygen atoms in total. The smallest absolute Gasteiger partial charge is 0.328 e. The van der Waals surface area contributed by atoms with Gasteiger partial charge in [0.25, 0.3) is 5.91 Å². The van der Waals surface area contributed by atoms with E-state index in [1.165, 1.54) is 0 Å². The first-order valence-electron chi connectivity index (χ1n) is 9.17. The Hall–Kier alpha value is -3.74. The SMILES string of the molecule is NC(=O)CC[C@H](NC(=O)c1cc2ccccc2cn1)C(=O)OCc1ccccc1. The number of esters is 1. The molecule has 2 amide bonds. The number of aromatic nitrogens is 1. The van der Waals surface area contributed by atoms with Crippen molar-refractivity contribution >= 4 is 28.6 Å². The van der Waals surface area contributed by atoms with Gasteiger partial charge in [-0.1, -0.05) is 54.6 Å². The second kappa shape index (κ2) is 9.45. The molecule has 2 aromatic carbocycles. The van der Waals surface area contributed by atoms with Crippen molar-refractivity contribution in [1.29, 1.82) is 0 Å². The Morgan fingerprint density at radius 2 is 1.69 bits per heavy atom. The van der Waals surface area contributed by atoms with E-state index in [0.717, 1.165) is 16.3 Å². The molecule has 0 aliphatic rings. The van der Waals surface area contributed by atoms with Crippen molar-refractivity contribution in [2.45, 2.75) is 25.5 Å². The lowest BCUT2D eigenvalue weighted by Gasteiger charge is -2.17. The summed E-state index contributed by atoms with van der Waals surface area (Å²) in [7, 11) is 0. The van der Waals surface area contributed by atoms with Gasteiger partial charge in [0.05, 0.1) is 0 Å². The standard InChI is InChI=1S/C22H21N3O4/c23-20(26)11-10-18(22(28)29-14-15-6-2-1-3-7-15)25-21(27)19-12-16-8-4-5-9-17(16)13-24-19/h1-9,12-13,18H,10-11,14H2,(H2,23,26)(H,25,27)/t18-/m0/s1. The van der Waals surface area contributed by atoms with E-state index in [0.29, 0.717) is 0 Å². The predicted octanol–water partition coefficient (Wildman–Crippen LogP) is 2.34. The average Bonchev–Trinajstić information content (AvgIpc) is 2.75. The first-order valence-corrected chi connectivity index (χ1v) is 9.17. The lowest BCUT2D eigenvalue weighted by molar-refractivity contribution is -0.147. The van der Waals surface area contributed by atoms with Crippen LogP contribution < -0.4 is 11.1 Å². The Morgan fingerprint density at radius 3 is 2.41 bits per heavy atom. The molecule has 3 rings (SSSR count). The number of benzene rings is 2. The second-order valence-electron chi connectivity index (χ2n) is 6.54. The number of nitrogens with two attached hydrogens (primary N) is 1. The molecular formula is C22H21N3O4. The van der Waals surface area contributed by atoms with Crippen LogP contribution in [-0.4, -0.2) is 28.8 Å². The molecule has 3 N–H and O–H groups in total. The number of carbonyl (C=O) groups is 3. The average molecular weight is 391 g/mol. The van der Waals surface area contributed by atoms with Crippen LogP contribution >= 0.6 is 0 Å².